The molecule has 0 saturated carbocycles. The first-order valence-electron chi connectivity index (χ1n) is 6.22. The molecule has 0 amide bonds. The standard InChI is InChI=1S/C16H16BrClO/c1-11(2)12-4-3-5-15(9-12)19-16-7-6-14(18)8-13(16)10-17/h3-9,11H,10H2,1-2H3. The Morgan fingerprint density at radius 1 is 1.16 bits per heavy atom. The van der Waals surface area contributed by atoms with E-state index in [2.05, 4.69) is 41.9 Å². The van der Waals surface area contributed by atoms with Gasteiger partial charge in [0.1, 0.15) is 11.5 Å². The zero-order chi connectivity index (χ0) is 13.8. The van der Waals surface area contributed by atoms with Crippen molar-refractivity contribution in [3.05, 3.63) is 58.6 Å². The Kier molecular flexibility index (Phi) is 4.89. The zero-order valence-corrected chi connectivity index (χ0v) is 13.3. The van der Waals surface area contributed by atoms with Crippen LogP contribution in [0.2, 0.25) is 5.02 Å². The third-order valence-electron chi connectivity index (χ3n) is 2.92. The molecule has 0 aliphatic rings. The Morgan fingerprint density at radius 3 is 2.63 bits per heavy atom. The first-order valence-corrected chi connectivity index (χ1v) is 7.72. The summed E-state index contributed by atoms with van der Waals surface area (Å²) < 4.78 is 5.96. The monoisotopic (exact) mass is 338 g/mol. The fourth-order valence-corrected chi connectivity index (χ4v) is 2.45. The molecule has 0 heterocycles. The van der Waals surface area contributed by atoms with Gasteiger partial charge >= 0.3 is 0 Å². The van der Waals surface area contributed by atoms with Crippen molar-refractivity contribution in [2.45, 2.75) is 25.1 Å². The third-order valence-corrected chi connectivity index (χ3v) is 3.76. The lowest BCUT2D eigenvalue weighted by Crippen LogP contribution is -1.92. The quantitative estimate of drug-likeness (QED) is 0.607. The highest BCUT2D eigenvalue weighted by atomic mass is 79.9. The summed E-state index contributed by atoms with van der Waals surface area (Å²) in [6, 6.07) is 13.9. The number of ether oxygens (including phenoxy) is 1. The fraction of sp³-hybridized carbons (Fsp3) is 0.250. The average Bonchev–Trinajstić information content (AvgIpc) is 2.41. The lowest BCUT2D eigenvalue weighted by molar-refractivity contribution is 0.477. The van der Waals surface area contributed by atoms with Gasteiger partial charge in [0.2, 0.25) is 0 Å². The van der Waals surface area contributed by atoms with Gasteiger partial charge in [-0.25, -0.2) is 0 Å². The van der Waals surface area contributed by atoms with Crippen LogP contribution in [0.5, 0.6) is 11.5 Å². The molecule has 19 heavy (non-hydrogen) atoms. The maximum Gasteiger partial charge on any atom is 0.131 e. The summed E-state index contributed by atoms with van der Waals surface area (Å²) in [5.41, 5.74) is 2.31. The second kappa shape index (κ2) is 6.44. The van der Waals surface area contributed by atoms with E-state index >= 15 is 0 Å². The van der Waals surface area contributed by atoms with Gasteiger partial charge in [-0.15, -0.1) is 0 Å². The van der Waals surface area contributed by atoms with Gasteiger partial charge in [0, 0.05) is 15.9 Å². The molecule has 0 aliphatic heterocycles. The molecule has 0 radical (unpaired) electrons. The first kappa shape index (κ1) is 14.4. The van der Waals surface area contributed by atoms with Crippen molar-refractivity contribution in [1.29, 1.82) is 0 Å². The Morgan fingerprint density at radius 2 is 1.95 bits per heavy atom. The van der Waals surface area contributed by atoms with Crippen LogP contribution in [0, 0.1) is 0 Å². The molecule has 1 nitrogen and oxygen atoms in total. The maximum atomic E-state index is 5.99. The molecule has 0 saturated heterocycles. The highest BCUT2D eigenvalue weighted by molar-refractivity contribution is 9.08. The minimum Gasteiger partial charge on any atom is -0.457 e. The maximum absolute atomic E-state index is 5.99. The van der Waals surface area contributed by atoms with Crippen LogP contribution in [0.4, 0.5) is 0 Å². The summed E-state index contributed by atoms with van der Waals surface area (Å²) in [5.74, 6) is 2.18. The molecule has 3 heteroatoms. The second-order valence-electron chi connectivity index (χ2n) is 4.71. The van der Waals surface area contributed by atoms with Gasteiger partial charge in [-0.05, 0) is 41.8 Å². The van der Waals surface area contributed by atoms with Crippen LogP contribution in [0.3, 0.4) is 0 Å². The molecule has 0 atom stereocenters. The van der Waals surface area contributed by atoms with Crippen LogP contribution in [0.25, 0.3) is 0 Å². The lowest BCUT2D eigenvalue weighted by Gasteiger charge is -2.12. The van der Waals surface area contributed by atoms with E-state index in [0.717, 1.165) is 22.1 Å². The molecule has 0 unspecified atom stereocenters. The van der Waals surface area contributed by atoms with E-state index in [1.54, 1.807) is 0 Å². The van der Waals surface area contributed by atoms with Gasteiger partial charge in [-0.1, -0.05) is 53.5 Å². The van der Waals surface area contributed by atoms with Crippen molar-refractivity contribution in [2.75, 3.05) is 0 Å². The normalized spacial score (nSPS) is 10.8. The van der Waals surface area contributed by atoms with Crippen LogP contribution in [0.15, 0.2) is 42.5 Å². The van der Waals surface area contributed by atoms with Gasteiger partial charge in [-0.2, -0.15) is 0 Å². The summed E-state index contributed by atoms with van der Waals surface area (Å²) in [5, 5.41) is 1.44. The van der Waals surface area contributed by atoms with Crippen molar-refractivity contribution < 1.29 is 4.74 Å². The van der Waals surface area contributed by atoms with Crippen molar-refractivity contribution in [3.63, 3.8) is 0 Å². The number of alkyl halides is 1. The highest BCUT2D eigenvalue weighted by Gasteiger charge is 2.06. The fourth-order valence-electron chi connectivity index (χ4n) is 1.82. The Bertz CT molecular complexity index is 566. The van der Waals surface area contributed by atoms with E-state index in [9.17, 15) is 0 Å². The lowest BCUT2D eigenvalue weighted by atomic mass is 10.0. The van der Waals surface area contributed by atoms with Gasteiger partial charge < -0.3 is 4.74 Å². The van der Waals surface area contributed by atoms with Crippen molar-refractivity contribution in [2.24, 2.45) is 0 Å². The third kappa shape index (κ3) is 3.74. The molecule has 0 aromatic heterocycles. The van der Waals surface area contributed by atoms with Gasteiger partial charge in [-0.3, -0.25) is 0 Å². The number of rotatable bonds is 4. The first-order chi connectivity index (χ1) is 9.10. The molecule has 0 aliphatic carbocycles. The second-order valence-corrected chi connectivity index (χ2v) is 5.71. The van der Waals surface area contributed by atoms with Crippen LogP contribution < -0.4 is 4.74 Å². The molecule has 100 valence electrons. The van der Waals surface area contributed by atoms with E-state index in [1.165, 1.54) is 5.56 Å². The number of hydrogen-bond acceptors (Lipinski definition) is 1. The van der Waals surface area contributed by atoms with E-state index in [1.807, 2.05) is 30.3 Å². The van der Waals surface area contributed by atoms with Crippen molar-refractivity contribution in [1.82, 2.24) is 0 Å². The topological polar surface area (TPSA) is 9.23 Å². The molecular weight excluding hydrogens is 324 g/mol. The van der Waals surface area contributed by atoms with E-state index < -0.39 is 0 Å². The van der Waals surface area contributed by atoms with E-state index in [4.69, 9.17) is 16.3 Å². The van der Waals surface area contributed by atoms with Crippen LogP contribution in [0.1, 0.15) is 30.9 Å². The van der Waals surface area contributed by atoms with Crippen LogP contribution >= 0.6 is 27.5 Å². The zero-order valence-electron chi connectivity index (χ0n) is 11.0. The predicted molar refractivity (Wildman–Crippen MR) is 84.7 cm³/mol. The summed E-state index contributed by atoms with van der Waals surface area (Å²) in [6.07, 6.45) is 0. The molecule has 2 aromatic rings. The van der Waals surface area contributed by atoms with E-state index in [0.29, 0.717) is 11.2 Å². The number of hydrogen-bond donors (Lipinski definition) is 0. The molecule has 0 N–H and O–H groups in total. The van der Waals surface area contributed by atoms with Crippen LogP contribution in [-0.4, -0.2) is 0 Å². The average molecular weight is 340 g/mol. The predicted octanol–water partition coefficient (Wildman–Crippen LogP) is 6.15. The largest absolute Gasteiger partial charge is 0.457 e. The Hall–Kier alpha value is -0.990. The van der Waals surface area contributed by atoms with Gasteiger partial charge in [0.05, 0.1) is 0 Å². The highest BCUT2D eigenvalue weighted by Crippen LogP contribution is 2.30. The molecule has 2 rings (SSSR count). The molecule has 0 spiro atoms. The summed E-state index contributed by atoms with van der Waals surface area (Å²) in [7, 11) is 0. The van der Waals surface area contributed by atoms with Crippen molar-refractivity contribution >= 4 is 27.5 Å². The van der Waals surface area contributed by atoms with Gasteiger partial charge in [0.25, 0.3) is 0 Å². The van der Waals surface area contributed by atoms with Crippen molar-refractivity contribution in [3.8, 4) is 11.5 Å². The smallest absolute Gasteiger partial charge is 0.131 e. The minimum atomic E-state index is 0.490. The Labute approximate surface area is 127 Å². The minimum absolute atomic E-state index is 0.490. The summed E-state index contributed by atoms with van der Waals surface area (Å²) in [6.45, 7) is 4.34. The molecular formula is C16H16BrClO. The SMILES string of the molecule is CC(C)c1cccc(Oc2ccc(Cl)cc2CBr)c1. The molecule has 0 fully saturated rings. The molecule has 2 aromatic carbocycles. The number of halogens is 2. The number of benzene rings is 2. The Balaban J connectivity index is 2.28. The summed E-state index contributed by atoms with van der Waals surface area (Å²) >= 11 is 9.44. The van der Waals surface area contributed by atoms with Gasteiger partial charge in [0.15, 0.2) is 0 Å². The summed E-state index contributed by atoms with van der Waals surface area (Å²) in [4.78, 5) is 0. The molecule has 0 bridgehead atoms. The van der Waals surface area contributed by atoms with Crippen LogP contribution in [-0.2, 0) is 5.33 Å². The van der Waals surface area contributed by atoms with E-state index in [-0.39, 0.29) is 0 Å².